The van der Waals surface area contributed by atoms with Gasteiger partial charge in [-0.25, -0.2) is 18.7 Å². The van der Waals surface area contributed by atoms with E-state index < -0.39 is 17.5 Å². The zero-order valence-corrected chi connectivity index (χ0v) is 32.9. The first-order valence-electron chi connectivity index (χ1n) is 20.2. The van der Waals surface area contributed by atoms with E-state index in [1.54, 1.807) is 6.07 Å². The Bertz CT molecular complexity index is 2240. The fourth-order valence-electron chi connectivity index (χ4n) is 8.47. The molecule has 5 heterocycles. The molecule has 2 aromatic carbocycles. The van der Waals surface area contributed by atoms with E-state index in [-0.39, 0.29) is 35.1 Å². The summed E-state index contributed by atoms with van der Waals surface area (Å²) in [6.07, 6.45) is 6.27. The molecule has 8 rings (SSSR count). The van der Waals surface area contributed by atoms with Gasteiger partial charge in [-0.05, 0) is 92.1 Å². The molecule has 2 aliphatic heterocycles. The van der Waals surface area contributed by atoms with Crippen molar-refractivity contribution in [2.24, 2.45) is 0 Å². The predicted octanol–water partition coefficient (Wildman–Crippen LogP) is 5.95. The zero-order valence-electron chi connectivity index (χ0n) is 32.9. The van der Waals surface area contributed by atoms with Crippen LogP contribution < -0.4 is 20.7 Å². The van der Waals surface area contributed by atoms with Crippen LogP contribution >= 0.6 is 0 Å². The number of nitrogens with one attached hydrogen (secondary N) is 3. The first kappa shape index (κ1) is 39.5. The van der Waals surface area contributed by atoms with E-state index >= 15 is 0 Å². The third-order valence-electron chi connectivity index (χ3n) is 11.2. The molecule has 3 aliphatic rings. The second-order valence-electron chi connectivity index (χ2n) is 15.9. The van der Waals surface area contributed by atoms with Crippen LogP contribution in [0.2, 0.25) is 0 Å². The third-order valence-corrected chi connectivity index (χ3v) is 11.2. The van der Waals surface area contributed by atoms with Crippen LogP contribution in [0.1, 0.15) is 71.5 Å². The summed E-state index contributed by atoms with van der Waals surface area (Å²) in [5.41, 5.74) is 5.22. The van der Waals surface area contributed by atoms with Crippen molar-refractivity contribution in [1.82, 2.24) is 40.1 Å². The summed E-state index contributed by atoms with van der Waals surface area (Å²) in [6.45, 7) is 11.3. The summed E-state index contributed by atoms with van der Waals surface area (Å²) >= 11 is 0. The Morgan fingerprint density at radius 3 is 2.34 bits per heavy atom. The van der Waals surface area contributed by atoms with Gasteiger partial charge in [-0.15, -0.1) is 0 Å². The number of nitrogens with zero attached hydrogens (tertiary/aromatic N) is 5. The number of amides is 2. The highest BCUT2D eigenvalue weighted by Crippen LogP contribution is 2.32. The molecule has 12 nitrogen and oxygen atoms in total. The lowest BCUT2D eigenvalue weighted by atomic mass is 9.91. The molecule has 14 heteroatoms. The Kier molecular flexibility index (Phi) is 12.1. The lowest BCUT2D eigenvalue weighted by molar-refractivity contribution is 0.0342. The molecule has 2 atom stereocenters. The molecule has 304 valence electrons. The number of carbonyl (C=O) groups excluding carboxylic acids is 2. The first-order chi connectivity index (χ1) is 28.1. The van der Waals surface area contributed by atoms with Gasteiger partial charge >= 0.3 is 0 Å². The number of halogens is 2. The Labute approximate surface area is 336 Å². The SMILES string of the molecule is C[C@@H]1CN(Cc2ccc(-c3cccc(Oc4ncc(F)cc4C(=O)N[C@H]4CC[C@@H](NC(=O)c5cn6cc(F)ccc6n5)CC4)c3)c(CN3CCOCC3)c2)C[C@H](C)N1. The van der Waals surface area contributed by atoms with Crippen molar-refractivity contribution in [2.45, 2.75) is 76.8 Å². The van der Waals surface area contributed by atoms with Gasteiger partial charge in [-0.2, -0.15) is 0 Å². The van der Waals surface area contributed by atoms with Crippen LogP contribution in [0.3, 0.4) is 0 Å². The average Bonchev–Trinajstić information content (AvgIpc) is 3.63. The minimum absolute atomic E-state index is 0.00183. The number of morpholine rings is 1. The Hall–Kier alpha value is -5.28. The van der Waals surface area contributed by atoms with Crippen molar-refractivity contribution in [2.75, 3.05) is 39.4 Å². The number of rotatable bonds is 11. The number of hydrogen-bond acceptors (Lipinski definition) is 9. The zero-order chi connectivity index (χ0) is 40.2. The number of hydrogen-bond donors (Lipinski definition) is 3. The molecule has 0 unspecified atom stereocenters. The second-order valence-corrected chi connectivity index (χ2v) is 15.9. The number of pyridine rings is 2. The molecule has 0 spiro atoms. The van der Waals surface area contributed by atoms with Crippen molar-refractivity contribution in [3.63, 3.8) is 0 Å². The van der Waals surface area contributed by atoms with E-state index in [4.69, 9.17) is 9.47 Å². The van der Waals surface area contributed by atoms with Crippen LogP contribution in [-0.2, 0) is 17.8 Å². The maximum Gasteiger partial charge on any atom is 0.271 e. The maximum absolute atomic E-state index is 14.6. The van der Waals surface area contributed by atoms with Crippen LogP contribution in [0, 0.1) is 11.6 Å². The predicted molar refractivity (Wildman–Crippen MR) is 216 cm³/mol. The highest BCUT2D eigenvalue weighted by molar-refractivity contribution is 5.96. The summed E-state index contributed by atoms with van der Waals surface area (Å²) in [7, 11) is 0. The molecule has 3 aromatic heterocycles. The van der Waals surface area contributed by atoms with E-state index in [1.807, 2.05) is 18.2 Å². The third kappa shape index (κ3) is 9.70. The van der Waals surface area contributed by atoms with E-state index in [1.165, 1.54) is 40.1 Å². The number of ether oxygens (including phenoxy) is 2. The van der Waals surface area contributed by atoms with Crippen LogP contribution in [0.5, 0.6) is 11.6 Å². The normalized spacial score (nSPS) is 21.8. The number of piperazine rings is 1. The molecule has 58 heavy (non-hydrogen) atoms. The Balaban J connectivity index is 0.931. The molecule has 2 amide bonds. The van der Waals surface area contributed by atoms with Gasteiger partial charge < -0.3 is 29.8 Å². The van der Waals surface area contributed by atoms with E-state index in [0.717, 1.165) is 62.7 Å². The van der Waals surface area contributed by atoms with Crippen molar-refractivity contribution >= 4 is 17.5 Å². The summed E-state index contributed by atoms with van der Waals surface area (Å²) in [5.74, 6) is -1.41. The first-order valence-corrected chi connectivity index (χ1v) is 20.2. The summed E-state index contributed by atoms with van der Waals surface area (Å²) in [5, 5.41) is 9.66. The Morgan fingerprint density at radius 1 is 0.845 bits per heavy atom. The Morgan fingerprint density at radius 2 is 1.59 bits per heavy atom. The second kappa shape index (κ2) is 17.7. The monoisotopic (exact) mass is 792 g/mol. The van der Waals surface area contributed by atoms with E-state index in [2.05, 4.69) is 67.8 Å². The maximum atomic E-state index is 14.6. The number of fused-ring (bicyclic) bond motifs is 1. The summed E-state index contributed by atoms with van der Waals surface area (Å²) in [4.78, 5) is 40.0. The van der Waals surface area contributed by atoms with E-state index in [9.17, 15) is 18.4 Å². The van der Waals surface area contributed by atoms with Gasteiger partial charge in [-0.3, -0.25) is 19.4 Å². The fourth-order valence-corrected chi connectivity index (χ4v) is 8.47. The van der Waals surface area contributed by atoms with Crippen molar-refractivity contribution in [1.29, 1.82) is 0 Å². The van der Waals surface area contributed by atoms with Crippen LogP contribution in [0.25, 0.3) is 16.8 Å². The van der Waals surface area contributed by atoms with Gasteiger partial charge in [0.1, 0.15) is 34.3 Å². The van der Waals surface area contributed by atoms with Gasteiger partial charge in [0.15, 0.2) is 0 Å². The highest BCUT2D eigenvalue weighted by Gasteiger charge is 2.27. The van der Waals surface area contributed by atoms with Gasteiger partial charge in [0.05, 0.1) is 19.4 Å². The lowest BCUT2D eigenvalue weighted by Crippen LogP contribution is -2.53. The lowest BCUT2D eigenvalue weighted by Gasteiger charge is -2.36. The molecule has 0 radical (unpaired) electrons. The molecule has 1 aliphatic carbocycles. The largest absolute Gasteiger partial charge is 0.438 e. The molecule has 0 bridgehead atoms. The van der Waals surface area contributed by atoms with Crippen molar-refractivity contribution in [3.8, 4) is 22.8 Å². The number of carbonyl (C=O) groups is 2. The summed E-state index contributed by atoms with van der Waals surface area (Å²) < 4.78 is 41.5. The number of aromatic nitrogens is 3. The molecule has 3 fully saturated rings. The average molecular weight is 793 g/mol. The molecular formula is C44H50F2N8O4. The smallest absolute Gasteiger partial charge is 0.271 e. The molecule has 1 saturated carbocycles. The van der Waals surface area contributed by atoms with Gasteiger partial charge in [0.2, 0.25) is 5.88 Å². The standard InChI is InChI=1S/C44H50F2N8O4/c1-28-22-53(23-29(2)48-28)24-30-6-12-38(32(18-30)25-52-14-16-57-17-15-52)31-4-3-5-37(19-31)58-44-39(20-34(46)21-47-44)42(55)49-35-8-10-36(11-9-35)50-43(56)40-27-54-26-33(45)7-13-41(54)51-40/h3-7,12-13,18-21,26-29,35-36,48H,8-11,14-17,22-25H2,1-2H3,(H,49,55)(H,50,56)/t28-,29+,35-,36+. The fraction of sp³-hybridized carbons (Fsp3) is 0.409. The minimum Gasteiger partial charge on any atom is -0.438 e. The van der Waals surface area contributed by atoms with E-state index in [0.29, 0.717) is 62.4 Å². The van der Waals surface area contributed by atoms with Gasteiger partial charge in [0, 0.05) is 75.8 Å². The number of imidazole rings is 1. The minimum atomic E-state index is -0.648. The summed E-state index contributed by atoms with van der Waals surface area (Å²) in [6, 6.07) is 19.0. The van der Waals surface area contributed by atoms with Crippen LogP contribution in [-0.4, -0.2) is 99.5 Å². The number of benzene rings is 2. The highest BCUT2D eigenvalue weighted by atomic mass is 19.1. The quantitative estimate of drug-likeness (QED) is 0.149. The molecule has 3 N–H and O–H groups in total. The molecule has 2 saturated heterocycles. The topological polar surface area (TPSA) is 125 Å². The van der Waals surface area contributed by atoms with Gasteiger partial charge in [-0.1, -0.05) is 30.3 Å². The van der Waals surface area contributed by atoms with Crippen molar-refractivity contribution in [3.05, 3.63) is 113 Å². The molecular weight excluding hydrogens is 743 g/mol. The van der Waals surface area contributed by atoms with Crippen LogP contribution in [0.4, 0.5) is 8.78 Å². The molecule has 5 aromatic rings. The van der Waals surface area contributed by atoms with Crippen molar-refractivity contribution < 1.29 is 27.8 Å². The van der Waals surface area contributed by atoms with Crippen LogP contribution in [0.15, 0.2) is 79.3 Å². The van der Waals surface area contributed by atoms with Gasteiger partial charge in [0.25, 0.3) is 11.8 Å².